The van der Waals surface area contributed by atoms with Gasteiger partial charge in [0.1, 0.15) is 0 Å². The fourth-order valence-electron chi connectivity index (χ4n) is 0.412. The first-order valence-corrected chi connectivity index (χ1v) is 3.97. The molecule has 0 aromatic heterocycles. The highest BCUT2D eigenvalue weighted by Crippen LogP contribution is 1.89. The van der Waals surface area contributed by atoms with Crippen molar-refractivity contribution in [2.24, 2.45) is 4.40 Å². The lowest BCUT2D eigenvalue weighted by atomic mass is 10.3. The van der Waals surface area contributed by atoms with E-state index in [1.54, 1.807) is 0 Å². The Bertz CT molecular complexity index is 114. The quantitative estimate of drug-likeness (QED) is 0.373. The van der Waals surface area contributed by atoms with Gasteiger partial charge in [-0.05, 0) is 12.8 Å². The van der Waals surface area contributed by atoms with Crippen LogP contribution in [0.2, 0.25) is 0 Å². The average Bonchev–Trinajstić information content (AvgIpc) is 1.80. The monoisotopic (exact) mass is 149 g/mol. The highest BCUT2D eigenvalue weighted by Gasteiger charge is 1.81. The molecular weight excluding hydrogens is 138 g/mol. The Morgan fingerprint density at radius 2 is 2.44 bits per heavy atom. The molecule has 9 heavy (non-hydrogen) atoms. The van der Waals surface area contributed by atoms with Crippen LogP contribution in [0.25, 0.3) is 0 Å². The maximum absolute atomic E-state index is 9.88. The van der Waals surface area contributed by atoms with Crippen LogP contribution in [-0.2, 0) is 11.3 Å². The Hall–Kier alpha value is -0.220. The number of nitrogens with zero attached hydrogens (tertiary/aromatic N) is 1. The van der Waals surface area contributed by atoms with E-state index >= 15 is 0 Å². The molecule has 0 bridgehead atoms. The van der Waals surface area contributed by atoms with Crippen LogP contribution in [0, 0.1) is 0 Å². The molecule has 0 aliphatic carbocycles. The number of hydrogen-bond donors (Lipinski definition) is 1. The van der Waals surface area contributed by atoms with Gasteiger partial charge in [0.15, 0.2) is 0 Å². The van der Waals surface area contributed by atoms with Crippen molar-refractivity contribution in [3.63, 3.8) is 0 Å². The van der Waals surface area contributed by atoms with Crippen molar-refractivity contribution in [1.29, 1.82) is 0 Å². The fraction of sp³-hybridized carbons (Fsp3) is 0.800. The molecule has 0 aliphatic heterocycles. The second-order valence-electron chi connectivity index (χ2n) is 1.66. The molecule has 0 radical (unpaired) electrons. The predicted octanol–water partition coefficient (Wildman–Crippen LogP) is 1.38. The number of hydrogen-bond acceptors (Lipinski definition) is 1. The van der Waals surface area contributed by atoms with E-state index in [9.17, 15) is 4.21 Å². The van der Waals surface area contributed by atoms with Gasteiger partial charge in [-0.15, -0.1) is 0 Å². The van der Waals surface area contributed by atoms with Crippen molar-refractivity contribution >= 4 is 17.5 Å². The SMILES string of the molecule is CCCCC=NS(=O)O. The van der Waals surface area contributed by atoms with Gasteiger partial charge in [0.05, 0.1) is 0 Å². The van der Waals surface area contributed by atoms with Gasteiger partial charge < -0.3 is 0 Å². The zero-order valence-electron chi connectivity index (χ0n) is 5.41. The Morgan fingerprint density at radius 1 is 1.78 bits per heavy atom. The number of unbranched alkanes of at least 4 members (excludes halogenated alkanes) is 2. The lowest BCUT2D eigenvalue weighted by Crippen LogP contribution is -1.81. The fourth-order valence-corrected chi connectivity index (χ4v) is 0.645. The summed E-state index contributed by atoms with van der Waals surface area (Å²) in [6, 6.07) is 0. The standard InChI is InChI=1S/C5H11NO2S/c1-2-3-4-5-6-9(7)8/h5H,2-4H2,1H3,(H,7,8). The van der Waals surface area contributed by atoms with Crippen LogP contribution >= 0.6 is 0 Å². The van der Waals surface area contributed by atoms with E-state index in [2.05, 4.69) is 11.3 Å². The van der Waals surface area contributed by atoms with Gasteiger partial charge in [-0.1, -0.05) is 13.3 Å². The van der Waals surface area contributed by atoms with Crippen LogP contribution in [0.5, 0.6) is 0 Å². The molecule has 0 saturated carbocycles. The van der Waals surface area contributed by atoms with Crippen molar-refractivity contribution in [1.82, 2.24) is 0 Å². The Balaban J connectivity index is 3.15. The molecule has 4 heteroatoms. The summed E-state index contributed by atoms with van der Waals surface area (Å²) in [4.78, 5) is 0. The first-order chi connectivity index (χ1) is 4.27. The molecule has 3 nitrogen and oxygen atoms in total. The van der Waals surface area contributed by atoms with Gasteiger partial charge in [-0.2, -0.15) is 4.40 Å². The van der Waals surface area contributed by atoms with Crippen molar-refractivity contribution in [3.8, 4) is 0 Å². The summed E-state index contributed by atoms with van der Waals surface area (Å²) in [5.74, 6) is 0. The predicted molar refractivity (Wildman–Crippen MR) is 38.8 cm³/mol. The van der Waals surface area contributed by atoms with Crippen molar-refractivity contribution < 1.29 is 8.76 Å². The molecule has 1 atom stereocenters. The largest absolute Gasteiger partial charge is 0.288 e. The van der Waals surface area contributed by atoms with Gasteiger partial charge in [-0.25, -0.2) is 4.21 Å². The Labute approximate surface area is 57.6 Å². The first-order valence-electron chi connectivity index (χ1n) is 2.91. The minimum atomic E-state index is -2.00. The maximum Gasteiger partial charge on any atom is 0.281 e. The minimum absolute atomic E-state index is 0.794. The Morgan fingerprint density at radius 3 is 2.89 bits per heavy atom. The summed E-state index contributed by atoms with van der Waals surface area (Å²) < 4.78 is 21.3. The zero-order chi connectivity index (χ0) is 7.11. The van der Waals surface area contributed by atoms with E-state index in [-0.39, 0.29) is 0 Å². The lowest BCUT2D eigenvalue weighted by molar-refractivity contribution is 0.566. The molecule has 0 aliphatic rings. The molecule has 1 N–H and O–H groups in total. The van der Waals surface area contributed by atoms with Crippen LogP contribution in [0.3, 0.4) is 0 Å². The van der Waals surface area contributed by atoms with Gasteiger partial charge >= 0.3 is 0 Å². The van der Waals surface area contributed by atoms with Crippen molar-refractivity contribution in [2.45, 2.75) is 26.2 Å². The molecule has 0 aromatic carbocycles. The summed E-state index contributed by atoms with van der Waals surface area (Å²) in [5, 5.41) is 0. The molecule has 0 saturated heterocycles. The smallest absolute Gasteiger partial charge is 0.281 e. The summed E-state index contributed by atoms with van der Waals surface area (Å²) in [5.41, 5.74) is 0. The van der Waals surface area contributed by atoms with Gasteiger partial charge in [0, 0.05) is 6.21 Å². The minimum Gasteiger partial charge on any atom is -0.288 e. The molecule has 1 unspecified atom stereocenters. The average molecular weight is 149 g/mol. The zero-order valence-corrected chi connectivity index (χ0v) is 6.23. The topological polar surface area (TPSA) is 49.7 Å². The molecular formula is C5H11NO2S. The van der Waals surface area contributed by atoms with Crippen LogP contribution in [0.4, 0.5) is 0 Å². The van der Waals surface area contributed by atoms with Crippen molar-refractivity contribution in [2.75, 3.05) is 0 Å². The second-order valence-corrected chi connectivity index (χ2v) is 2.33. The first kappa shape index (κ1) is 8.78. The normalized spacial score (nSPS) is 14.4. The third kappa shape index (κ3) is 7.78. The van der Waals surface area contributed by atoms with E-state index in [0.717, 1.165) is 19.3 Å². The summed E-state index contributed by atoms with van der Waals surface area (Å²) >= 11 is -2.00. The van der Waals surface area contributed by atoms with E-state index < -0.39 is 11.3 Å². The second kappa shape index (κ2) is 5.91. The van der Waals surface area contributed by atoms with Gasteiger partial charge in [-0.3, -0.25) is 4.55 Å². The summed E-state index contributed by atoms with van der Waals surface area (Å²) in [6.07, 6.45) is 4.40. The molecule has 0 rings (SSSR count). The third-order valence-electron chi connectivity index (χ3n) is 0.851. The highest BCUT2D eigenvalue weighted by atomic mass is 32.2. The molecule has 0 aromatic rings. The van der Waals surface area contributed by atoms with Crippen LogP contribution in [0.1, 0.15) is 26.2 Å². The molecule has 0 heterocycles. The van der Waals surface area contributed by atoms with Crippen molar-refractivity contribution in [3.05, 3.63) is 0 Å². The third-order valence-corrected chi connectivity index (χ3v) is 1.18. The Kier molecular flexibility index (Phi) is 5.76. The lowest BCUT2D eigenvalue weighted by Gasteiger charge is -1.84. The maximum atomic E-state index is 9.88. The van der Waals surface area contributed by atoms with E-state index in [1.165, 1.54) is 6.21 Å². The van der Waals surface area contributed by atoms with Gasteiger partial charge in [0.25, 0.3) is 11.3 Å². The molecule has 0 amide bonds. The molecule has 54 valence electrons. The summed E-state index contributed by atoms with van der Waals surface area (Å²) in [7, 11) is 0. The summed E-state index contributed by atoms with van der Waals surface area (Å²) in [6.45, 7) is 2.06. The van der Waals surface area contributed by atoms with Crippen LogP contribution < -0.4 is 0 Å². The van der Waals surface area contributed by atoms with E-state index in [0.29, 0.717) is 0 Å². The van der Waals surface area contributed by atoms with E-state index in [4.69, 9.17) is 4.55 Å². The van der Waals surface area contributed by atoms with Crippen LogP contribution in [-0.4, -0.2) is 15.0 Å². The highest BCUT2D eigenvalue weighted by molar-refractivity contribution is 7.77. The van der Waals surface area contributed by atoms with E-state index in [1.807, 2.05) is 0 Å². The van der Waals surface area contributed by atoms with Gasteiger partial charge in [0.2, 0.25) is 0 Å². The molecule has 0 spiro atoms. The van der Waals surface area contributed by atoms with Crippen LogP contribution in [0.15, 0.2) is 4.40 Å². The molecule has 0 fully saturated rings. The number of rotatable bonds is 4.